The maximum Gasteiger partial charge on any atom is 0.258 e. The number of pyridine rings is 1. The van der Waals surface area contributed by atoms with Crippen LogP contribution in [0, 0.1) is 11.2 Å². The Labute approximate surface area is 186 Å². The van der Waals surface area contributed by atoms with E-state index in [0.29, 0.717) is 11.4 Å². The van der Waals surface area contributed by atoms with Crippen molar-refractivity contribution in [3.63, 3.8) is 0 Å². The lowest BCUT2D eigenvalue weighted by Gasteiger charge is -2.15. The lowest BCUT2D eigenvalue weighted by molar-refractivity contribution is 0.102. The number of amidine groups is 1. The summed E-state index contributed by atoms with van der Waals surface area (Å²) in [4.78, 5) is 31.0. The van der Waals surface area contributed by atoms with Gasteiger partial charge < -0.3 is 15.5 Å². The van der Waals surface area contributed by atoms with Crippen molar-refractivity contribution in [1.82, 2.24) is 9.88 Å². The average molecular weight is 484 g/mol. The smallest absolute Gasteiger partial charge is 0.258 e. The summed E-state index contributed by atoms with van der Waals surface area (Å²) < 4.78 is 15.3. The minimum Gasteiger partial charge on any atom is -0.363 e. The van der Waals surface area contributed by atoms with Crippen LogP contribution in [-0.2, 0) is 0 Å². The van der Waals surface area contributed by atoms with Gasteiger partial charge in [0.15, 0.2) is 0 Å². The van der Waals surface area contributed by atoms with Crippen LogP contribution < -0.4 is 10.6 Å². The van der Waals surface area contributed by atoms with Gasteiger partial charge in [-0.15, -0.1) is 0 Å². The van der Waals surface area contributed by atoms with Crippen molar-refractivity contribution < 1.29 is 14.0 Å². The molecule has 0 saturated heterocycles. The Morgan fingerprint density at radius 2 is 1.71 bits per heavy atom. The molecule has 3 rings (SSSR count). The predicted octanol–water partition coefficient (Wildman–Crippen LogP) is 4.37. The monoisotopic (exact) mass is 483 g/mol. The molecule has 0 spiro atoms. The van der Waals surface area contributed by atoms with E-state index in [1.54, 1.807) is 56.7 Å². The lowest BCUT2D eigenvalue weighted by Crippen LogP contribution is -2.23. The minimum absolute atomic E-state index is 0.120. The molecule has 158 valence electrons. The molecule has 7 nitrogen and oxygen atoms in total. The summed E-state index contributed by atoms with van der Waals surface area (Å²) in [5.41, 5.74) is 0.583. The number of benzene rings is 2. The van der Waals surface area contributed by atoms with Gasteiger partial charge in [-0.25, -0.2) is 9.37 Å². The van der Waals surface area contributed by atoms with Gasteiger partial charge in [0.1, 0.15) is 17.5 Å². The molecule has 0 unspecified atom stereocenters. The second kappa shape index (κ2) is 9.48. The first kappa shape index (κ1) is 22.1. The molecule has 31 heavy (non-hydrogen) atoms. The number of anilines is 2. The van der Waals surface area contributed by atoms with Crippen molar-refractivity contribution in [2.24, 2.45) is 0 Å². The van der Waals surface area contributed by atoms with Crippen LogP contribution in [0.4, 0.5) is 15.9 Å². The molecular weight excluding hydrogens is 465 g/mol. The molecular formula is C22H19BrFN5O2. The summed E-state index contributed by atoms with van der Waals surface area (Å²) in [6.45, 7) is 0. The van der Waals surface area contributed by atoms with Crippen LogP contribution in [0.15, 0.2) is 65.3 Å². The number of amides is 2. The van der Waals surface area contributed by atoms with Crippen molar-refractivity contribution in [3.05, 3.63) is 87.8 Å². The van der Waals surface area contributed by atoms with E-state index < -0.39 is 17.6 Å². The second-order valence-electron chi connectivity index (χ2n) is 6.75. The fourth-order valence-electron chi connectivity index (χ4n) is 2.72. The quantitative estimate of drug-likeness (QED) is 0.370. The van der Waals surface area contributed by atoms with Crippen LogP contribution >= 0.6 is 15.9 Å². The first-order chi connectivity index (χ1) is 14.8. The molecule has 9 heteroatoms. The third kappa shape index (κ3) is 5.32. The first-order valence-corrected chi connectivity index (χ1v) is 9.94. The van der Waals surface area contributed by atoms with Gasteiger partial charge in [0, 0.05) is 30.3 Å². The number of aromatic nitrogens is 1. The zero-order valence-corrected chi connectivity index (χ0v) is 18.3. The molecule has 0 atom stereocenters. The fraction of sp³-hybridized carbons (Fsp3) is 0.0909. The number of nitrogens with zero attached hydrogens (tertiary/aromatic N) is 2. The molecule has 0 bridgehead atoms. The zero-order valence-electron chi connectivity index (χ0n) is 16.7. The van der Waals surface area contributed by atoms with Crippen LogP contribution in [0.25, 0.3) is 0 Å². The van der Waals surface area contributed by atoms with Crippen LogP contribution in [0.1, 0.15) is 26.3 Å². The number of nitrogens with one attached hydrogen (secondary N) is 3. The highest BCUT2D eigenvalue weighted by Gasteiger charge is 2.18. The number of hydrogen-bond acceptors (Lipinski definition) is 4. The number of rotatable bonds is 5. The maximum absolute atomic E-state index is 14.5. The predicted molar refractivity (Wildman–Crippen MR) is 121 cm³/mol. The van der Waals surface area contributed by atoms with E-state index in [-0.39, 0.29) is 22.6 Å². The highest BCUT2D eigenvalue weighted by molar-refractivity contribution is 9.10. The van der Waals surface area contributed by atoms with Gasteiger partial charge >= 0.3 is 0 Å². The van der Waals surface area contributed by atoms with Crippen molar-refractivity contribution >= 4 is 45.1 Å². The fourth-order valence-corrected chi connectivity index (χ4v) is 2.95. The van der Waals surface area contributed by atoms with E-state index in [9.17, 15) is 14.0 Å². The minimum atomic E-state index is -0.761. The van der Waals surface area contributed by atoms with Crippen molar-refractivity contribution in [2.75, 3.05) is 24.7 Å². The Morgan fingerprint density at radius 1 is 1.00 bits per heavy atom. The summed E-state index contributed by atoms with van der Waals surface area (Å²) in [7, 11) is 3.35. The Balaban J connectivity index is 1.80. The van der Waals surface area contributed by atoms with E-state index in [1.807, 2.05) is 0 Å². The zero-order chi connectivity index (χ0) is 22.5. The summed E-state index contributed by atoms with van der Waals surface area (Å²) in [5, 5.41) is 13.2. The molecule has 0 aliphatic carbocycles. The molecule has 1 aromatic heterocycles. The van der Waals surface area contributed by atoms with E-state index in [4.69, 9.17) is 5.41 Å². The van der Waals surface area contributed by atoms with E-state index in [0.717, 1.165) is 10.5 Å². The molecule has 2 aromatic carbocycles. The van der Waals surface area contributed by atoms with Crippen molar-refractivity contribution in [2.45, 2.75) is 0 Å². The first-order valence-electron chi connectivity index (χ1n) is 9.15. The highest BCUT2D eigenvalue weighted by Crippen LogP contribution is 2.20. The third-order valence-corrected chi connectivity index (χ3v) is 4.79. The van der Waals surface area contributed by atoms with Gasteiger partial charge in [0.2, 0.25) is 0 Å². The standard InChI is InChI=1S/C22H19BrFN5O2/c1-29(2)20(25)13-7-9-15(17(24)11-13)21(30)27-18-6-4-3-5-16(18)22(31)28-19-10-8-14(23)12-26-19/h3-12,25H,1-2H3,(H,27,30)(H,26,28,31). The Bertz CT molecular complexity index is 1150. The van der Waals surface area contributed by atoms with Gasteiger partial charge in [-0.1, -0.05) is 18.2 Å². The highest BCUT2D eigenvalue weighted by atomic mass is 79.9. The van der Waals surface area contributed by atoms with Gasteiger partial charge in [-0.2, -0.15) is 0 Å². The number of hydrogen-bond donors (Lipinski definition) is 3. The average Bonchev–Trinajstić information content (AvgIpc) is 2.74. The Hall–Kier alpha value is -3.59. The van der Waals surface area contributed by atoms with Crippen LogP contribution in [0.2, 0.25) is 0 Å². The maximum atomic E-state index is 14.5. The number of carbonyl (C=O) groups excluding carboxylic acids is 2. The van der Waals surface area contributed by atoms with Gasteiger partial charge in [-0.3, -0.25) is 15.0 Å². The molecule has 0 aliphatic rings. The Kier molecular flexibility index (Phi) is 6.76. The molecule has 0 fully saturated rings. The number of carbonyl (C=O) groups is 2. The largest absolute Gasteiger partial charge is 0.363 e. The summed E-state index contributed by atoms with van der Waals surface area (Å²) in [5.74, 6) is -1.47. The van der Waals surface area contributed by atoms with Crippen LogP contribution in [0.3, 0.4) is 0 Å². The lowest BCUT2D eigenvalue weighted by atomic mass is 10.1. The third-order valence-electron chi connectivity index (χ3n) is 4.32. The Morgan fingerprint density at radius 3 is 2.35 bits per heavy atom. The summed E-state index contributed by atoms with van der Waals surface area (Å²) in [6.07, 6.45) is 1.55. The van der Waals surface area contributed by atoms with E-state index in [1.165, 1.54) is 17.0 Å². The van der Waals surface area contributed by atoms with Crippen molar-refractivity contribution in [3.8, 4) is 0 Å². The normalized spacial score (nSPS) is 10.3. The molecule has 2 amide bonds. The van der Waals surface area contributed by atoms with Crippen LogP contribution in [-0.4, -0.2) is 41.6 Å². The molecule has 0 saturated carbocycles. The number of para-hydroxylation sites is 1. The van der Waals surface area contributed by atoms with Gasteiger partial charge in [0.05, 0.1) is 16.8 Å². The van der Waals surface area contributed by atoms with Gasteiger partial charge in [0.25, 0.3) is 11.8 Å². The summed E-state index contributed by atoms with van der Waals surface area (Å²) in [6, 6.07) is 13.7. The van der Waals surface area contributed by atoms with Crippen molar-refractivity contribution in [1.29, 1.82) is 5.41 Å². The molecule has 1 heterocycles. The van der Waals surface area contributed by atoms with E-state index >= 15 is 0 Å². The number of halogens is 2. The molecule has 0 aliphatic heterocycles. The van der Waals surface area contributed by atoms with Gasteiger partial charge in [-0.05, 0) is 52.3 Å². The topological polar surface area (TPSA) is 98.2 Å². The van der Waals surface area contributed by atoms with E-state index in [2.05, 4.69) is 31.5 Å². The molecule has 0 radical (unpaired) electrons. The SMILES string of the molecule is CN(C)C(=N)c1ccc(C(=O)Nc2ccccc2C(=O)Nc2ccc(Br)cn2)c(F)c1. The van der Waals surface area contributed by atoms with Crippen LogP contribution in [0.5, 0.6) is 0 Å². The molecule has 3 aromatic rings. The summed E-state index contributed by atoms with van der Waals surface area (Å²) >= 11 is 3.28. The molecule has 3 N–H and O–H groups in total. The second-order valence-corrected chi connectivity index (χ2v) is 7.67.